The number of amides is 1. The van der Waals surface area contributed by atoms with E-state index >= 15 is 0 Å². The number of nitrogens with zero attached hydrogens (tertiary/aromatic N) is 2. The van der Waals surface area contributed by atoms with E-state index in [0.717, 1.165) is 25.7 Å². The molecule has 1 aromatic carbocycles. The number of anilines is 1. The van der Waals surface area contributed by atoms with Gasteiger partial charge in [0.1, 0.15) is 10.6 Å². The van der Waals surface area contributed by atoms with Gasteiger partial charge in [0.05, 0.1) is 7.11 Å². The number of hydrogen-bond donors (Lipinski definition) is 1. The number of methoxy groups -OCH3 is 1. The van der Waals surface area contributed by atoms with Gasteiger partial charge in [-0.25, -0.2) is 0 Å². The summed E-state index contributed by atoms with van der Waals surface area (Å²) in [5, 5.41) is 2.82. The van der Waals surface area contributed by atoms with Crippen molar-refractivity contribution in [3.8, 4) is 5.75 Å². The Labute approximate surface area is 163 Å². The molecule has 0 aliphatic carbocycles. The number of unbranched alkanes of at least 4 members (excludes halogenated alkanes) is 2. The number of hydrogen-bond acceptors (Lipinski definition) is 5. The third-order valence-corrected chi connectivity index (χ3v) is 5.07. The van der Waals surface area contributed by atoms with Crippen LogP contribution >= 0.6 is 11.3 Å². The van der Waals surface area contributed by atoms with E-state index in [4.69, 9.17) is 4.74 Å². The van der Waals surface area contributed by atoms with E-state index < -0.39 is 0 Å². The quantitative estimate of drug-likeness (QED) is 0.665. The predicted molar refractivity (Wildman–Crippen MR) is 110 cm³/mol. The third-order valence-electron chi connectivity index (χ3n) is 4.02. The SMILES string of the molecule is CCCCN=c1sc(C(=O)Nc2ccc(OC)cc2)cc(=O)n1CCCC. The van der Waals surface area contributed by atoms with Gasteiger partial charge in [-0.1, -0.05) is 38.0 Å². The monoisotopic (exact) mass is 389 g/mol. The van der Waals surface area contributed by atoms with Crippen molar-refractivity contribution >= 4 is 22.9 Å². The van der Waals surface area contributed by atoms with Gasteiger partial charge in [0, 0.05) is 24.8 Å². The molecule has 6 nitrogen and oxygen atoms in total. The summed E-state index contributed by atoms with van der Waals surface area (Å²) in [5.74, 6) is 0.406. The maximum Gasteiger partial charge on any atom is 0.266 e. The average Bonchev–Trinajstić information content (AvgIpc) is 2.68. The van der Waals surface area contributed by atoms with Gasteiger partial charge >= 0.3 is 0 Å². The highest BCUT2D eigenvalue weighted by Gasteiger charge is 2.11. The van der Waals surface area contributed by atoms with Gasteiger partial charge < -0.3 is 10.1 Å². The third kappa shape index (κ3) is 6.06. The fourth-order valence-electron chi connectivity index (χ4n) is 2.42. The predicted octanol–water partition coefficient (Wildman–Crippen LogP) is 3.67. The maximum absolute atomic E-state index is 12.6. The van der Waals surface area contributed by atoms with Crippen molar-refractivity contribution in [1.29, 1.82) is 0 Å². The Balaban J connectivity index is 2.30. The second-order valence-electron chi connectivity index (χ2n) is 6.15. The first kappa shape index (κ1) is 20.9. The molecule has 1 aromatic heterocycles. The minimum atomic E-state index is -0.308. The highest BCUT2D eigenvalue weighted by molar-refractivity contribution is 7.11. The van der Waals surface area contributed by atoms with E-state index in [-0.39, 0.29) is 11.5 Å². The number of ether oxygens (including phenoxy) is 1. The van der Waals surface area contributed by atoms with Crippen LogP contribution < -0.4 is 20.4 Å². The number of carbonyl (C=O) groups is 1. The van der Waals surface area contributed by atoms with Crippen LogP contribution in [0.3, 0.4) is 0 Å². The summed E-state index contributed by atoms with van der Waals surface area (Å²) < 4.78 is 6.79. The Morgan fingerprint density at radius 1 is 1.19 bits per heavy atom. The summed E-state index contributed by atoms with van der Waals surface area (Å²) in [4.78, 5) is 30.7. The lowest BCUT2D eigenvalue weighted by molar-refractivity contribution is 0.103. The van der Waals surface area contributed by atoms with Crippen molar-refractivity contribution in [3.05, 3.63) is 50.4 Å². The zero-order valence-corrected chi connectivity index (χ0v) is 17.0. The minimum Gasteiger partial charge on any atom is -0.497 e. The van der Waals surface area contributed by atoms with Gasteiger partial charge in [-0.05, 0) is 37.1 Å². The van der Waals surface area contributed by atoms with Crippen molar-refractivity contribution < 1.29 is 9.53 Å². The highest BCUT2D eigenvalue weighted by atomic mass is 32.1. The molecule has 0 radical (unpaired) electrons. The Bertz CT molecular complexity index is 869. The molecule has 1 heterocycles. The molecule has 2 rings (SSSR count). The standard InChI is InChI=1S/C20H27N3O3S/c1-4-6-12-21-20-23(13-7-5-2)18(24)14-17(27-20)19(25)22-15-8-10-16(26-3)11-9-15/h8-11,14H,4-7,12-13H2,1-3H3,(H,22,25). The molecule has 0 saturated carbocycles. The van der Waals surface area contributed by atoms with Gasteiger partial charge in [0.25, 0.3) is 11.5 Å². The van der Waals surface area contributed by atoms with Crippen LogP contribution in [0.1, 0.15) is 49.2 Å². The normalized spacial score (nSPS) is 11.4. The summed E-state index contributed by atoms with van der Waals surface area (Å²) in [7, 11) is 1.59. The Morgan fingerprint density at radius 3 is 2.52 bits per heavy atom. The molecule has 0 atom stereocenters. The molecule has 0 fully saturated rings. The fourth-order valence-corrected chi connectivity index (χ4v) is 3.37. The van der Waals surface area contributed by atoms with Crippen LogP contribution in [-0.2, 0) is 6.54 Å². The second-order valence-corrected chi connectivity index (χ2v) is 7.16. The zero-order valence-electron chi connectivity index (χ0n) is 16.2. The molecule has 0 aliphatic rings. The maximum atomic E-state index is 12.6. The van der Waals surface area contributed by atoms with Crippen molar-refractivity contribution in [2.75, 3.05) is 19.0 Å². The lowest BCUT2D eigenvalue weighted by Crippen LogP contribution is -2.33. The summed E-state index contributed by atoms with van der Waals surface area (Å²) in [6, 6.07) is 8.46. The molecule has 7 heteroatoms. The van der Waals surface area contributed by atoms with Crippen molar-refractivity contribution in [1.82, 2.24) is 4.57 Å². The molecular weight excluding hydrogens is 362 g/mol. The topological polar surface area (TPSA) is 72.7 Å². The van der Waals surface area contributed by atoms with Crippen molar-refractivity contribution in [2.45, 2.75) is 46.1 Å². The second kappa shape index (κ2) is 10.7. The zero-order chi connectivity index (χ0) is 19.6. The smallest absolute Gasteiger partial charge is 0.266 e. The van der Waals surface area contributed by atoms with Crippen LogP contribution in [0.4, 0.5) is 5.69 Å². The molecule has 1 N–H and O–H groups in total. The number of aromatic nitrogens is 1. The van der Waals surface area contributed by atoms with Crippen LogP contribution in [0, 0.1) is 0 Å². The Morgan fingerprint density at radius 2 is 1.89 bits per heavy atom. The molecule has 2 aromatic rings. The number of benzene rings is 1. The summed E-state index contributed by atoms with van der Waals surface area (Å²) >= 11 is 1.26. The number of nitrogens with one attached hydrogen (secondary N) is 1. The Hall–Kier alpha value is -2.41. The largest absolute Gasteiger partial charge is 0.497 e. The van der Waals surface area contributed by atoms with Gasteiger partial charge in [-0.2, -0.15) is 0 Å². The fraction of sp³-hybridized carbons (Fsp3) is 0.450. The van der Waals surface area contributed by atoms with Crippen LogP contribution in [-0.4, -0.2) is 24.1 Å². The van der Waals surface area contributed by atoms with E-state index in [9.17, 15) is 9.59 Å². The van der Waals surface area contributed by atoms with Crippen LogP contribution in [0.15, 0.2) is 40.1 Å². The van der Waals surface area contributed by atoms with Crippen LogP contribution in [0.2, 0.25) is 0 Å². The minimum absolute atomic E-state index is 0.183. The van der Waals surface area contributed by atoms with Crippen molar-refractivity contribution in [3.63, 3.8) is 0 Å². The molecule has 0 bridgehead atoms. The molecule has 1 amide bonds. The van der Waals surface area contributed by atoms with E-state index in [0.29, 0.717) is 34.2 Å². The van der Waals surface area contributed by atoms with Crippen LogP contribution in [0.25, 0.3) is 0 Å². The lowest BCUT2D eigenvalue weighted by Gasteiger charge is -2.09. The first-order valence-electron chi connectivity index (χ1n) is 9.30. The van der Waals surface area contributed by atoms with Crippen molar-refractivity contribution in [2.24, 2.45) is 4.99 Å². The first-order valence-corrected chi connectivity index (χ1v) is 10.1. The van der Waals surface area contributed by atoms with E-state index in [1.807, 2.05) is 0 Å². The van der Waals surface area contributed by atoms with E-state index in [2.05, 4.69) is 24.2 Å². The summed E-state index contributed by atoms with van der Waals surface area (Å²) in [5.41, 5.74) is 0.463. The average molecular weight is 390 g/mol. The number of carbonyl (C=O) groups excluding carboxylic acids is 1. The first-order chi connectivity index (χ1) is 13.1. The molecule has 27 heavy (non-hydrogen) atoms. The van der Waals surface area contributed by atoms with Gasteiger partial charge in [0.15, 0.2) is 4.80 Å². The summed E-state index contributed by atoms with van der Waals surface area (Å²) in [6.07, 6.45) is 3.88. The molecule has 0 spiro atoms. The van der Waals surface area contributed by atoms with Gasteiger partial charge in [0.2, 0.25) is 0 Å². The molecule has 146 valence electrons. The Kier molecular flexibility index (Phi) is 8.26. The highest BCUT2D eigenvalue weighted by Crippen LogP contribution is 2.16. The van der Waals surface area contributed by atoms with E-state index in [1.54, 1.807) is 35.9 Å². The van der Waals surface area contributed by atoms with E-state index in [1.165, 1.54) is 17.4 Å². The number of rotatable bonds is 9. The molecule has 0 unspecified atom stereocenters. The molecule has 0 saturated heterocycles. The van der Waals surface area contributed by atoms with Gasteiger partial charge in [-0.3, -0.25) is 19.1 Å². The summed E-state index contributed by atoms with van der Waals surface area (Å²) in [6.45, 7) is 5.46. The molecule has 0 aliphatic heterocycles. The lowest BCUT2D eigenvalue weighted by atomic mass is 10.3. The van der Waals surface area contributed by atoms with Gasteiger partial charge in [-0.15, -0.1) is 0 Å². The van der Waals surface area contributed by atoms with Crippen LogP contribution in [0.5, 0.6) is 5.75 Å². The molecular formula is C20H27N3O3S.